The lowest BCUT2D eigenvalue weighted by atomic mass is 9.91. The number of Topliss-reactive ketones (excluding diaryl/α,β-unsaturated/α-hetero) is 1. The van der Waals surface area contributed by atoms with Crippen molar-refractivity contribution in [2.24, 2.45) is 14.1 Å². The molecule has 6 aromatic rings. The molecule has 0 aliphatic heterocycles. The van der Waals surface area contributed by atoms with Crippen molar-refractivity contribution < 1.29 is 19.1 Å². The van der Waals surface area contributed by atoms with Gasteiger partial charge in [-0.2, -0.15) is 0 Å². The molecular weight excluding hydrogens is 660 g/mol. The Kier molecular flexibility index (Phi) is 8.99. The van der Waals surface area contributed by atoms with Crippen molar-refractivity contribution in [2.75, 3.05) is 0 Å². The van der Waals surface area contributed by atoms with E-state index in [2.05, 4.69) is 9.97 Å². The highest BCUT2D eigenvalue weighted by Crippen LogP contribution is 2.29. The van der Waals surface area contributed by atoms with Crippen LogP contribution in [0.2, 0.25) is 0 Å². The van der Waals surface area contributed by atoms with E-state index in [-0.39, 0.29) is 34.5 Å². The number of aryl methyl sites for hydroxylation is 1. The molecular formula is C40H40N6O6. The minimum absolute atomic E-state index is 0.0975. The number of ether oxygens (including phenoxy) is 2. The van der Waals surface area contributed by atoms with Gasteiger partial charge in [0.1, 0.15) is 40.0 Å². The molecule has 2 aliphatic carbocycles. The molecule has 0 unspecified atom stereocenters. The lowest BCUT2D eigenvalue weighted by Gasteiger charge is -2.17. The highest BCUT2D eigenvalue weighted by molar-refractivity contribution is 5.98. The zero-order valence-corrected chi connectivity index (χ0v) is 30.0. The lowest BCUT2D eigenvalue weighted by molar-refractivity contribution is -0.118. The van der Waals surface area contributed by atoms with Crippen molar-refractivity contribution in [3.8, 4) is 23.3 Å². The van der Waals surface area contributed by atoms with E-state index in [4.69, 9.17) is 9.47 Å². The van der Waals surface area contributed by atoms with Gasteiger partial charge in [-0.15, -0.1) is 0 Å². The second-order valence-electron chi connectivity index (χ2n) is 13.9. The molecule has 0 saturated heterocycles. The third-order valence-corrected chi connectivity index (χ3v) is 9.49. The first-order valence-electron chi connectivity index (χ1n) is 17.3. The fourth-order valence-corrected chi connectivity index (χ4v) is 6.59. The second-order valence-corrected chi connectivity index (χ2v) is 13.9. The molecule has 0 saturated carbocycles. The van der Waals surface area contributed by atoms with E-state index in [1.54, 1.807) is 53.6 Å². The molecule has 12 nitrogen and oxygen atoms in total. The highest BCUT2D eigenvalue weighted by atomic mass is 16.5. The van der Waals surface area contributed by atoms with Crippen LogP contribution in [0.1, 0.15) is 79.9 Å². The van der Waals surface area contributed by atoms with E-state index in [1.165, 1.54) is 9.13 Å². The second kappa shape index (κ2) is 13.6. The molecule has 0 radical (unpaired) electrons. The Balaban J connectivity index is 0.000000162. The third-order valence-electron chi connectivity index (χ3n) is 9.49. The van der Waals surface area contributed by atoms with Crippen molar-refractivity contribution in [3.05, 3.63) is 122 Å². The minimum atomic E-state index is -0.162. The SMILES string of the molecule is CC(C)c1ncc2c(=O)n(C)c(Oc3ccc4c(c3)C=CC(=O)C4)cn12.CC(C)c1ncc2c(=O)n(C)c(Oc3ccc4c(c3)CCC(=O)C4)cn12. The van der Waals surface area contributed by atoms with Crippen molar-refractivity contribution in [2.45, 2.75) is 65.2 Å². The summed E-state index contributed by atoms with van der Waals surface area (Å²) >= 11 is 0. The number of carbonyl (C=O) groups is 2. The average molecular weight is 701 g/mol. The summed E-state index contributed by atoms with van der Waals surface area (Å²) in [6.07, 6.45) is 12.4. The molecule has 0 fully saturated rings. The van der Waals surface area contributed by atoms with Crippen LogP contribution < -0.4 is 20.6 Å². The molecule has 4 aromatic heterocycles. The van der Waals surface area contributed by atoms with Gasteiger partial charge in [-0.25, -0.2) is 9.97 Å². The number of hydrogen-bond donors (Lipinski definition) is 0. The summed E-state index contributed by atoms with van der Waals surface area (Å²) in [5.41, 5.74) is 4.89. The summed E-state index contributed by atoms with van der Waals surface area (Å²) in [5.74, 6) is 4.55. The van der Waals surface area contributed by atoms with Crippen LogP contribution in [0.25, 0.3) is 17.1 Å². The minimum Gasteiger partial charge on any atom is -0.439 e. The number of imidazole rings is 2. The first-order valence-corrected chi connectivity index (χ1v) is 17.3. The summed E-state index contributed by atoms with van der Waals surface area (Å²) in [7, 11) is 3.37. The van der Waals surface area contributed by atoms with Gasteiger partial charge in [-0.1, -0.05) is 45.9 Å². The molecule has 0 amide bonds. The number of fused-ring (bicyclic) bond motifs is 4. The average Bonchev–Trinajstić information content (AvgIpc) is 3.75. The molecule has 0 spiro atoms. The Morgan fingerprint density at radius 3 is 1.73 bits per heavy atom. The van der Waals surface area contributed by atoms with Gasteiger partial charge in [0, 0.05) is 45.2 Å². The van der Waals surface area contributed by atoms with Crippen LogP contribution in [0.15, 0.2) is 76.9 Å². The van der Waals surface area contributed by atoms with Gasteiger partial charge in [-0.05, 0) is 59.0 Å². The number of nitrogens with zero attached hydrogens (tertiary/aromatic N) is 6. The van der Waals surface area contributed by atoms with Gasteiger partial charge in [0.2, 0.25) is 11.8 Å². The lowest BCUT2D eigenvalue weighted by Crippen LogP contribution is -2.20. The Hall–Kier alpha value is -6.04. The molecule has 0 N–H and O–H groups in total. The topological polar surface area (TPSA) is 131 Å². The van der Waals surface area contributed by atoms with Crippen LogP contribution in [0, 0.1) is 0 Å². The molecule has 8 rings (SSSR count). The van der Waals surface area contributed by atoms with E-state index >= 15 is 0 Å². The first kappa shape index (κ1) is 34.4. The van der Waals surface area contributed by atoms with E-state index in [9.17, 15) is 19.2 Å². The molecule has 266 valence electrons. The number of allylic oxidation sites excluding steroid dienone is 1. The summed E-state index contributed by atoms with van der Waals surface area (Å²) in [6.45, 7) is 8.14. The van der Waals surface area contributed by atoms with E-state index in [0.717, 1.165) is 40.3 Å². The van der Waals surface area contributed by atoms with E-state index in [1.807, 2.05) is 70.3 Å². The van der Waals surface area contributed by atoms with Crippen molar-refractivity contribution in [1.29, 1.82) is 0 Å². The van der Waals surface area contributed by atoms with Crippen LogP contribution in [-0.4, -0.2) is 39.5 Å². The monoisotopic (exact) mass is 700 g/mol. The van der Waals surface area contributed by atoms with Crippen LogP contribution in [0.5, 0.6) is 23.3 Å². The largest absolute Gasteiger partial charge is 0.439 e. The summed E-state index contributed by atoms with van der Waals surface area (Å²) in [4.78, 5) is 57.1. The Morgan fingerprint density at radius 1 is 0.635 bits per heavy atom. The first-order chi connectivity index (χ1) is 24.9. The maximum atomic E-state index is 12.6. The normalized spacial score (nSPS) is 13.8. The van der Waals surface area contributed by atoms with Gasteiger partial charge in [0.25, 0.3) is 11.1 Å². The summed E-state index contributed by atoms with van der Waals surface area (Å²) in [5, 5.41) is 0. The molecule has 2 aromatic carbocycles. The zero-order chi connectivity index (χ0) is 36.8. The Morgan fingerprint density at radius 2 is 1.17 bits per heavy atom. The molecule has 0 atom stereocenters. The Bertz CT molecular complexity index is 2550. The molecule has 4 heterocycles. The number of hydrogen-bond acceptors (Lipinski definition) is 8. The summed E-state index contributed by atoms with van der Waals surface area (Å²) in [6, 6.07) is 11.3. The van der Waals surface area contributed by atoms with Crippen molar-refractivity contribution in [1.82, 2.24) is 27.9 Å². The smallest absolute Gasteiger partial charge is 0.279 e. The van der Waals surface area contributed by atoms with Crippen molar-refractivity contribution in [3.63, 3.8) is 0 Å². The van der Waals surface area contributed by atoms with Crippen LogP contribution in [0.4, 0.5) is 0 Å². The fourth-order valence-electron chi connectivity index (χ4n) is 6.59. The van der Waals surface area contributed by atoms with Gasteiger partial charge in [0.05, 0.1) is 24.8 Å². The third kappa shape index (κ3) is 6.47. The van der Waals surface area contributed by atoms with E-state index < -0.39 is 0 Å². The van der Waals surface area contributed by atoms with Crippen LogP contribution >= 0.6 is 0 Å². The Labute approximate surface area is 299 Å². The highest BCUT2D eigenvalue weighted by Gasteiger charge is 2.19. The molecule has 0 bridgehead atoms. The van der Waals surface area contributed by atoms with Crippen LogP contribution in [-0.2, 0) is 42.9 Å². The maximum Gasteiger partial charge on any atom is 0.279 e. The molecule has 12 heteroatoms. The van der Waals surface area contributed by atoms with Gasteiger partial charge >= 0.3 is 0 Å². The van der Waals surface area contributed by atoms with Gasteiger partial charge in [0.15, 0.2) is 5.78 Å². The van der Waals surface area contributed by atoms with Gasteiger partial charge < -0.3 is 9.47 Å². The number of carbonyl (C=O) groups excluding carboxylic acids is 2. The van der Waals surface area contributed by atoms with E-state index in [0.29, 0.717) is 53.6 Å². The maximum absolute atomic E-state index is 12.6. The predicted molar refractivity (Wildman–Crippen MR) is 197 cm³/mol. The standard InChI is InChI=1S/C20H21N3O3.C20H19N3O3/c2*1-12(2)19-21-10-17-20(25)22(3)18(11-23(17)19)26-16-7-5-13-8-15(24)6-4-14(13)9-16/h5,7,9-12H,4,6,8H2,1-3H3;4-7,9-12H,8H2,1-3H3. The van der Waals surface area contributed by atoms with Gasteiger partial charge in [-0.3, -0.25) is 37.1 Å². The number of rotatable bonds is 6. The number of ketones is 2. The quantitative estimate of drug-likeness (QED) is 0.204. The predicted octanol–water partition coefficient (Wildman–Crippen LogP) is 6.09. The van der Waals surface area contributed by atoms with Crippen LogP contribution in [0.3, 0.4) is 0 Å². The fraction of sp³-hybridized carbons (Fsp3) is 0.300. The molecule has 52 heavy (non-hydrogen) atoms. The number of benzene rings is 2. The zero-order valence-electron chi connectivity index (χ0n) is 30.0. The summed E-state index contributed by atoms with van der Waals surface area (Å²) < 4.78 is 18.6. The molecule has 2 aliphatic rings. The number of aromatic nitrogens is 6. The van der Waals surface area contributed by atoms with Crippen molar-refractivity contribution >= 4 is 28.7 Å².